The molecule has 1 saturated heterocycles. The molecule has 0 aliphatic carbocycles. The number of fused-ring (bicyclic) bond motifs is 1. The highest BCUT2D eigenvalue weighted by molar-refractivity contribution is 6.00. The van der Waals surface area contributed by atoms with Gasteiger partial charge in [-0.1, -0.05) is 12.1 Å². The highest BCUT2D eigenvalue weighted by Crippen LogP contribution is 2.38. The summed E-state index contributed by atoms with van der Waals surface area (Å²) in [5.41, 5.74) is 0.327. The molecule has 0 bridgehead atoms. The first-order chi connectivity index (χ1) is 20.2. The molecule has 1 unspecified atom stereocenters. The van der Waals surface area contributed by atoms with Gasteiger partial charge in [-0.05, 0) is 55.2 Å². The second-order valence-corrected chi connectivity index (χ2v) is 9.62. The van der Waals surface area contributed by atoms with Gasteiger partial charge in [0.15, 0.2) is 23.4 Å². The molecule has 12 heteroatoms. The van der Waals surface area contributed by atoms with Crippen LogP contribution in [0.5, 0.6) is 34.5 Å². The molecule has 0 radical (unpaired) electrons. The number of carbonyl (C=O) groups excluding carboxylic acids is 2. The molecule has 12 nitrogen and oxygen atoms in total. The van der Waals surface area contributed by atoms with Crippen molar-refractivity contribution in [2.45, 2.75) is 31.8 Å². The quantitative estimate of drug-likeness (QED) is 0.128. The van der Waals surface area contributed by atoms with Crippen LogP contribution in [0.15, 0.2) is 63.8 Å². The summed E-state index contributed by atoms with van der Waals surface area (Å²) in [6, 6.07) is 13.2. The van der Waals surface area contributed by atoms with Crippen LogP contribution in [0.1, 0.15) is 24.8 Å². The van der Waals surface area contributed by atoms with Crippen molar-refractivity contribution in [3.63, 3.8) is 0 Å². The van der Waals surface area contributed by atoms with Crippen molar-refractivity contribution in [1.82, 2.24) is 5.32 Å². The maximum Gasteiger partial charge on any atom is 0.414 e. The lowest BCUT2D eigenvalue weighted by Gasteiger charge is -2.13. The van der Waals surface area contributed by atoms with E-state index in [2.05, 4.69) is 5.32 Å². The Kier molecular flexibility index (Phi) is 8.05. The number of phenols is 4. The number of phenolic OH excluding ortho intramolecular Hbond substituents is 4. The zero-order valence-corrected chi connectivity index (χ0v) is 22.2. The van der Waals surface area contributed by atoms with E-state index < -0.39 is 35.0 Å². The Hall–Kier alpha value is -5.39. The molecule has 218 valence electrons. The van der Waals surface area contributed by atoms with E-state index in [9.17, 15) is 34.8 Å². The molecule has 1 aromatic heterocycles. The maximum absolute atomic E-state index is 13.3. The fraction of sp³-hybridized carbons (Fsp3) is 0.233. The highest BCUT2D eigenvalue weighted by atomic mass is 16.6. The number of carbonyl (C=O) groups is 2. The number of aromatic hydroxyl groups is 4. The second kappa shape index (κ2) is 12.0. The molecular formula is C30H27NO11. The van der Waals surface area contributed by atoms with Crippen LogP contribution in [0.4, 0.5) is 4.79 Å². The molecule has 42 heavy (non-hydrogen) atoms. The summed E-state index contributed by atoms with van der Waals surface area (Å²) in [6.07, 6.45) is 0.641. The molecule has 1 aliphatic heterocycles. The number of ether oxygens (including phenoxy) is 3. The molecule has 2 amide bonds. The van der Waals surface area contributed by atoms with E-state index >= 15 is 0 Å². The average molecular weight is 578 g/mol. The number of benzene rings is 3. The lowest BCUT2D eigenvalue weighted by molar-refractivity contribution is -0.123. The van der Waals surface area contributed by atoms with Gasteiger partial charge in [0.2, 0.25) is 11.2 Å². The summed E-state index contributed by atoms with van der Waals surface area (Å²) in [4.78, 5) is 36.1. The molecule has 0 spiro atoms. The topological polar surface area (TPSA) is 185 Å². The van der Waals surface area contributed by atoms with Crippen molar-refractivity contribution in [2.75, 3.05) is 13.2 Å². The van der Waals surface area contributed by atoms with Crippen molar-refractivity contribution >= 4 is 23.0 Å². The summed E-state index contributed by atoms with van der Waals surface area (Å²) in [7, 11) is 0. The van der Waals surface area contributed by atoms with E-state index in [1.807, 2.05) is 0 Å². The van der Waals surface area contributed by atoms with E-state index in [1.54, 1.807) is 24.3 Å². The Labute approximate surface area is 238 Å². The Morgan fingerprint density at radius 3 is 2.21 bits per heavy atom. The largest absolute Gasteiger partial charge is 0.508 e. The van der Waals surface area contributed by atoms with E-state index in [4.69, 9.17) is 18.6 Å². The van der Waals surface area contributed by atoms with Crippen molar-refractivity contribution in [3.05, 3.63) is 70.4 Å². The van der Waals surface area contributed by atoms with Crippen molar-refractivity contribution in [2.24, 2.45) is 0 Å². The predicted molar refractivity (Wildman–Crippen MR) is 148 cm³/mol. The number of unbranched alkanes of at least 4 members (excludes halogenated alkanes) is 2. The number of amides is 2. The maximum atomic E-state index is 13.3. The Morgan fingerprint density at radius 1 is 0.786 bits per heavy atom. The Morgan fingerprint density at radius 2 is 1.52 bits per heavy atom. The highest BCUT2D eigenvalue weighted by Gasteiger charge is 2.32. The van der Waals surface area contributed by atoms with Gasteiger partial charge in [-0.15, -0.1) is 0 Å². The molecule has 1 atom stereocenters. The third-order valence-electron chi connectivity index (χ3n) is 6.57. The van der Waals surface area contributed by atoms with Gasteiger partial charge in [0.05, 0.1) is 13.2 Å². The lowest BCUT2D eigenvalue weighted by Crippen LogP contribution is -2.25. The monoisotopic (exact) mass is 577 g/mol. The van der Waals surface area contributed by atoms with Crippen molar-refractivity contribution < 1.29 is 48.6 Å². The average Bonchev–Trinajstić information content (AvgIpc) is 3.26. The number of cyclic esters (lactones) is 1. The first-order valence-electron chi connectivity index (χ1n) is 13.1. The molecule has 2 heterocycles. The standard InChI is InChI=1S/C30H27NO11/c32-18-14-22(35)25-23(15-18)41-27(17-6-9-20(33)21(34)13-17)28(26(25)36)40-11-3-1-2-10-39-19-7-4-16(5-8-19)12-24-29(37)31-30(38)42-24/h4-9,13-15,24,32-35H,1-3,10-12H2,(H,31,37,38). The third-order valence-corrected chi connectivity index (χ3v) is 6.57. The van der Waals surface area contributed by atoms with Crippen molar-refractivity contribution in [1.29, 1.82) is 0 Å². The van der Waals surface area contributed by atoms with Gasteiger partial charge in [0.1, 0.15) is 28.2 Å². The van der Waals surface area contributed by atoms with Crippen LogP contribution in [0.25, 0.3) is 22.3 Å². The van der Waals surface area contributed by atoms with Crippen LogP contribution in [0, 0.1) is 0 Å². The first kappa shape index (κ1) is 28.1. The van der Waals surface area contributed by atoms with Gasteiger partial charge in [-0.2, -0.15) is 0 Å². The Bertz CT molecular complexity index is 1690. The zero-order chi connectivity index (χ0) is 29.8. The van der Waals surface area contributed by atoms with E-state index in [1.165, 1.54) is 24.3 Å². The minimum atomic E-state index is -0.837. The summed E-state index contributed by atoms with van der Waals surface area (Å²) in [6.45, 7) is 0.565. The molecule has 0 saturated carbocycles. The van der Waals surface area contributed by atoms with Gasteiger partial charge >= 0.3 is 6.09 Å². The van der Waals surface area contributed by atoms with E-state index in [0.29, 0.717) is 31.6 Å². The third kappa shape index (κ3) is 6.17. The smallest absolute Gasteiger partial charge is 0.414 e. The molecule has 3 aromatic carbocycles. The molecule has 4 aromatic rings. The minimum absolute atomic E-state index is 0.0358. The number of nitrogens with one attached hydrogen (secondary N) is 1. The number of imide groups is 1. The molecule has 5 N–H and O–H groups in total. The van der Waals surface area contributed by atoms with Crippen LogP contribution in [0.2, 0.25) is 0 Å². The number of hydrogen-bond acceptors (Lipinski definition) is 11. The first-order valence-corrected chi connectivity index (χ1v) is 13.1. The summed E-state index contributed by atoms with van der Waals surface area (Å²) in [5.74, 6) is -1.60. The van der Waals surface area contributed by atoms with Gasteiger partial charge in [-0.3, -0.25) is 14.9 Å². The van der Waals surface area contributed by atoms with Gasteiger partial charge in [0.25, 0.3) is 5.91 Å². The summed E-state index contributed by atoms with van der Waals surface area (Å²) < 4.78 is 22.3. The van der Waals surface area contributed by atoms with Crippen molar-refractivity contribution in [3.8, 4) is 45.8 Å². The minimum Gasteiger partial charge on any atom is -0.508 e. The van der Waals surface area contributed by atoms with Crippen LogP contribution in [-0.2, 0) is 16.0 Å². The second-order valence-electron chi connectivity index (χ2n) is 9.62. The van der Waals surface area contributed by atoms with E-state index in [0.717, 1.165) is 11.6 Å². The van der Waals surface area contributed by atoms with Gasteiger partial charge < -0.3 is 39.1 Å². The Balaban J connectivity index is 1.17. The lowest BCUT2D eigenvalue weighted by atomic mass is 10.1. The summed E-state index contributed by atoms with van der Waals surface area (Å²) in [5, 5.41) is 41.7. The van der Waals surface area contributed by atoms with Crippen LogP contribution < -0.4 is 20.2 Å². The molecule has 5 rings (SSSR count). The van der Waals surface area contributed by atoms with Crippen LogP contribution in [0.3, 0.4) is 0 Å². The molecule has 1 fully saturated rings. The van der Waals surface area contributed by atoms with Gasteiger partial charge in [-0.25, -0.2) is 4.79 Å². The normalized spacial score (nSPS) is 14.5. The molecule has 1 aliphatic rings. The fourth-order valence-corrected chi connectivity index (χ4v) is 4.46. The predicted octanol–water partition coefficient (Wildman–Crippen LogP) is 4.09. The summed E-state index contributed by atoms with van der Waals surface area (Å²) >= 11 is 0. The number of hydrogen-bond donors (Lipinski definition) is 5. The SMILES string of the molecule is O=C1NC(=O)C(Cc2ccc(OCCCCCOc3c(-c4ccc(O)c(O)c4)oc4cc(O)cc(O)c4c3=O)cc2)O1. The zero-order valence-electron chi connectivity index (χ0n) is 22.2. The number of rotatable bonds is 11. The van der Waals surface area contributed by atoms with Crippen LogP contribution in [-0.4, -0.2) is 51.7 Å². The molecular weight excluding hydrogens is 550 g/mol. The van der Waals surface area contributed by atoms with E-state index in [-0.39, 0.29) is 52.6 Å². The van der Waals surface area contributed by atoms with Gasteiger partial charge in [0, 0.05) is 24.1 Å². The fourth-order valence-electron chi connectivity index (χ4n) is 4.46. The van der Waals surface area contributed by atoms with Crippen LogP contribution >= 0.6 is 0 Å². The number of alkyl carbamates (subject to hydrolysis) is 1.